The van der Waals surface area contributed by atoms with E-state index in [1.54, 1.807) is 0 Å². The maximum atomic E-state index is 5.97. The van der Waals surface area contributed by atoms with Crippen LogP contribution in [0.3, 0.4) is 0 Å². The van der Waals surface area contributed by atoms with Crippen LogP contribution in [0.25, 0.3) is 22.4 Å². The lowest BCUT2D eigenvalue weighted by Crippen LogP contribution is -1.84. The number of aromatic amines is 1. The fraction of sp³-hybridized carbons (Fsp3) is 0.0714. The molecule has 0 saturated carbocycles. The third kappa shape index (κ3) is 1.93. The normalized spacial score (nSPS) is 11.1. The summed E-state index contributed by atoms with van der Waals surface area (Å²) in [5, 5.41) is 0.709. The van der Waals surface area contributed by atoms with E-state index in [0.29, 0.717) is 5.02 Å². The van der Waals surface area contributed by atoms with E-state index >= 15 is 0 Å². The zero-order chi connectivity index (χ0) is 12.7. The van der Waals surface area contributed by atoms with Crippen molar-refractivity contribution in [2.45, 2.75) is 6.92 Å². The average Bonchev–Trinajstić information content (AvgIpc) is 2.75. The van der Waals surface area contributed by atoms with Crippen LogP contribution in [0.15, 0.2) is 40.9 Å². The molecule has 1 aromatic heterocycles. The number of nitrogens with one attached hydrogen (secondary N) is 1. The van der Waals surface area contributed by atoms with Crippen LogP contribution < -0.4 is 0 Å². The molecule has 0 unspecified atom stereocenters. The van der Waals surface area contributed by atoms with Crippen molar-refractivity contribution >= 4 is 38.6 Å². The second-order valence-electron chi connectivity index (χ2n) is 4.18. The molecule has 2 nitrogen and oxygen atoms in total. The minimum absolute atomic E-state index is 0.709. The Balaban J connectivity index is 2.22. The molecule has 0 saturated heterocycles. The van der Waals surface area contributed by atoms with Crippen LogP contribution in [0.1, 0.15) is 5.56 Å². The van der Waals surface area contributed by atoms with Crippen LogP contribution >= 0.6 is 27.5 Å². The molecule has 4 heteroatoms. The first-order chi connectivity index (χ1) is 8.65. The van der Waals surface area contributed by atoms with Gasteiger partial charge in [-0.1, -0.05) is 29.8 Å². The number of nitrogens with zero attached hydrogens (tertiary/aromatic N) is 1. The predicted octanol–water partition coefficient (Wildman–Crippen LogP) is 4.95. The molecule has 0 aliphatic heterocycles. The lowest BCUT2D eigenvalue weighted by molar-refractivity contribution is 1.31. The molecule has 1 heterocycles. The van der Waals surface area contributed by atoms with Gasteiger partial charge in [-0.15, -0.1) is 0 Å². The molecule has 0 aliphatic carbocycles. The van der Waals surface area contributed by atoms with Crippen LogP contribution in [0.4, 0.5) is 0 Å². The quantitative estimate of drug-likeness (QED) is 0.674. The van der Waals surface area contributed by atoms with E-state index in [1.165, 1.54) is 5.56 Å². The van der Waals surface area contributed by atoms with Gasteiger partial charge in [-0.2, -0.15) is 0 Å². The molecule has 3 aromatic rings. The van der Waals surface area contributed by atoms with E-state index in [-0.39, 0.29) is 0 Å². The highest BCUT2D eigenvalue weighted by molar-refractivity contribution is 9.10. The molecule has 18 heavy (non-hydrogen) atoms. The number of halogens is 2. The van der Waals surface area contributed by atoms with Crippen molar-refractivity contribution in [3.8, 4) is 11.4 Å². The summed E-state index contributed by atoms with van der Waals surface area (Å²) in [6, 6.07) is 11.8. The van der Waals surface area contributed by atoms with Gasteiger partial charge in [0.1, 0.15) is 5.82 Å². The van der Waals surface area contributed by atoms with Crippen LogP contribution in [-0.4, -0.2) is 9.97 Å². The van der Waals surface area contributed by atoms with Crippen LogP contribution in [0.5, 0.6) is 0 Å². The number of aromatic nitrogens is 2. The minimum atomic E-state index is 0.709. The lowest BCUT2D eigenvalue weighted by atomic mass is 10.1. The van der Waals surface area contributed by atoms with Crippen molar-refractivity contribution in [2.24, 2.45) is 0 Å². The monoisotopic (exact) mass is 320 g/mol. The Kier molecular flexibility index (Phi) is 2.88. The van der Waals surface area contributed by atoms with Gasteiger partial charge in [-0.05, 0) is 46.6 Å². The smallest absolute Gasteiger partial charge is 0.139 e. The van der Waals surface area contributed by atoms with Gasteiger partial charge in [0.25, 0.3) is 0 Å². The molecule has 1 N–H and O–H groups in total. The number of imidazole rings is 1. The zero-order valence-electron chi connectivity index (χ0n) is 9.67. The van der Waals surface area contributed by atoms with Crippen molar-refractivity contribution in [2.75, 3.05) is 0 Å². The van der Waals surface area contributed by atoms with E-state index in [9.17, 15) is 0 Å². The van der Waals surface area contributed by atoms with Gasteiger partial charge in [-0.3, -0.25) is 0 Å². The van der Waals surface area contributed by atoms with E-state index in [1.807, 2.05) is 30.3 Å². The van der Waals surface area contributed by atoms with E-state index in [2.05, 4.69) is 38.9 Å². The largest absolute Gasteiger partial charge is 0.338 e. The summed E-state index contributed by atoms with van der Waals surface area (Å²) < 4.78 is 1.06. The summed E-state index contributed by atoms with van der Waals surface area (Å²) in [6.45, 7) is 2.06. The summed E-state index contributed by atoms with van der Waals surface area (Å²) in [6.07, 6.45) is 0. The minimum Gasteiger partial charge on any atom is -0.338 e. The molecule has 0 radical (unpaired) electrons. The molecule has 0 atom stereocenters. The van der Waals surface area contributed by atoms with Crippen LogP contribution in [0, 0.1) is 6.92 Å². The second-order valence-corrected chi connectivity index (χ2v) is 5.41. The molecule has 0 spiro atoms. The molecular weight excluding hydrogens is 312 g/mol. The first kappa shape index (κ1) is 11.8. The topological polar surface area (TPSA) is 28.7 Å². The SMILES string of the molecule is Cc1cccc(-c2nc3ccc(Cl)cc3[nH]2)c1Br. The van der Waals surface area contributed by atoms with E-state index in [4.69, 9.17) is 11.6 Å². The van der Waals surface area contributed by atoms with Crippen molar-refractivity contribution in [1.82, 2.24) is 9.97 Å². The van der Waals surface area contributed by atoms with Gasteiger partial charge in [0.05, 0.1) is 11.0 Å². The Bertz CT molecular complexity index is 734. The number of rotatable bonds is 1. The first-order valence-corrected chi connectivity index (χ1v) is 6.73. The Hall–Kier alpha value is -1.32. The highest BCUT2D eigenvalue weighted by Crippen LogP contribution is 2.30. The molecule has 2 aromatic carbocycles. The van der Waals surface area contributed by atoms with Crippen molar-refractivity contribution < 1.29 is 0 Å². The van der Waals surface area contributed by atoms with Gasteiger partial charge < -0.3 is 4.98 Å². The predicted molar refractivity (Wildman–Crippen MR) is 79.0 cm³/mol. The fourth-order valence-electron chi connectivity index (χ4n) is 1.94. The summed E-state index contributed by atoms with van der Waals surface area (Å²) >= 11 is 9.58. The van der Waals surface area contributed by atoms with Gasteiger partial charge in [0.15, 0.2) is 0 Å². The zero-order valence-corrected chi connectivity index (χ0v) is 12.0. The first-order valence-electron chi connectivity index (χ1n) is 5.56. The maximum Gasteiger partial charge on any atom is 0.139 e. The van der Waals surface area contributed by atoms with Gasteiger partial charge in [0, 0.05) is 15.1 Å². The highest BCUT2D eigenvalue weighted by atomic mass is 79.9. The van der Waals surface area contributed by atoms with Crippen molar-refractivity contribution in [3.63, 3.8) is 0 Å². The fourth-order valence-corrected chi connectivity index (χ4v) is 2.56. The number of H-pyrrole nitrogens is 1. The summed E-state index contributed by atoms with van der Waals surface area (Å²) in [7, 11) is 0. The Morgan fingerprint density at radius 3 is 2.89 bits per heavy atom. The third-order valence-corrected chi connectivity index (χ3v) is 4.18. The highest BCUT2D eigenvalue weighted by Gasteiger charge is 2.09. The van der Waals surface area contributed by atoms with E-state index < -0.39 is 0 Å². The molecule has 3 rings (SSSR count). The van der Waals surface area contributed by atoms with Gasteiger partial charge >= 0.3 is 0 Å². The van der Waals surface area contributed by atoms with Crippen molar-refractivity contribution in [1.29, 1.82) is 0 Å². The van der Waals surface area contributed by atoms with Gasteiger partial charge in [0.2, 0.25) is 0 Å². The lowest BCUT2D eigenvalue weighted by Gasteiger charge is -2.03. The molecular formula is C14H10BrClN2. The Morgan fingerprint density at radius 2 is 2.06 bits per heavy atom. The molecule has 0 fully saturated rings. The molecule has 0 aliphatic rings. The maximum absolute atomic E-state index is 5.97. The Labute approximate surface area is 118 Å². The third-order valence-electron chi connectivity index (χ3n) is 2.89. The Morgan fingerprint density at radius 1 is 1.22 bits per heavy atom. The summed E-state index contributed by atoms with van der Waals surface area (Å²) in [4.78, 5) is 7.88. The molecule has 0 bridgehead atoms. The van der Waals surface area contributed by atoms with Gasteiger partial charge in [-0.25, -0.2) is 4.98 Å². The van der Waals surface area contributed by atoms with E-state index in [0.717, 1.165) is 26.9 Å². The molecule has 90 valence electrons. The second kappa shape index (κ2) is 4.41. The standard InChI is InChI=1S/C14H10BrClN2/c1-8-3-2-4-10(13(8)15)14-17-11-6-5-9(16)7-12(11)18-14/h2-7H,1H3,(H,17,18). The summed E-state index contributed by atoms with van der Waals surface area (Å²) in [5.41, 5.74) is 4.11. The van der Waals surface area contributed by atoms with Crippen molar-refractivity contribution in [3.05, 3.63) is 51.5 Å². The van der Waals surface area contributed by atoms with Crippen LogP contribution in [0.2, 0.25) is 5.02 Å². The number of benzene rings is 2. The van der Waals surface area contributed by atoms with Crippen LogP contribution in [-0.2, 0) is 0 Å². The number of hydrogen-bond donors (Lipinski definition) is 1. The summed E-state index contributed by atoms with van der Waals surface area (Å²) in [5.74, 6) is 0.850. The number of fused-ring (bicyclic) bond motifs is 1. The number of hydrogen-bond acceptors (Lipinski definition) is 1. The number of aryl methyl sites for hydroxylation is 1. The molecule has 0 amide bonds. The average molecular weight is 322 g/mol.